The van der Waals surface area contributed by atoms with Crippen molar-refractivity contribution in [2.75, 3.05) is 50.8 Å². The summed E-state index contributed by atoms with van der Waals surface area (Å²) in [5, 5.41) is 0. The van der Waals surface area contributed by atoms with Gasteiger partial charge in [0.1, 0.15) is 17.8 Å². The molecule has 0 spiro atoms. The molecule has 0 unspecified atom stereocenters. The molecule has 8 heteroatoms. The molecule has 0 aromatic carbocycles. The van der Waals surface area contributed by atoms with E-state index in [1.807, 2.05) is 0 Å². The van der Waals surface area contributed by atoms with E-state index >= 15 is 0 Å². The number of aromatic nitrogens is 2. The van der Waals surface area contributed by atoms with Crippen molar-refractivity contribution in [2.24, 2.45) is 0 Å². The summed E-state index contributed by atoms with van der Waals surface area (Å²) in [6.45, 7) is 6.03. The molecular formula is C16H23N5O3. The Morgan fingerprint density at radius 1 is 1.04 bits per heavy atom. The third-order valence-corrected chi connectivity index (χ3v) is 4.39. The van der Waals surface area contributed by atoms with E-state index in [9.17, 15) is 9.59 Å². The smallest absolute Gasteiger partial charge is 0.409 e. The van der Waals surface area contributed by atoms with Crippen LogP contribution in [0.4, 0.5) is 10.6 Å². The highest BCUT2D eigenvalue weighted by atomic mass is 16.6. The molecule has 8 nitrogen and oxygen atoms in total. The van der Waals surface area contributed by atoms with Crippen molar-refractivity contribution < 1.29 is 14.3 Å². The molecule has 130 valence electrons. The topological polar surface area (TPSA) is 78.9 Å². The average Bonchev–Trinajstić information content (AvgIpc) is 3.16. The lowest BCUT2D eigenvalue weighted by molar-refractivity contribution is 0.0566. The number of rotatable bonds is 3. The van der Waals surface area contributed by atoms with E-state index < -0.39 is 0 Å². The number of hydrogen-bond acceptors (Lipinski definition) is 6. The Bertz CT molecular complexity index is 595. The van der Waals surface area contributed by atoms with Gasteiger partial charge in [0, 0.05) is 45.3 Å². The van der Waals surface area contributed by atoms with Gasteiger partial charge in [-0.3, -0.25) is 4.79 Å². The summed E-state index contributed by atoms with van der Waals surface area (Å²) >= 11 is 0. The fraction of sp³-hybridized carbons (Fsp3) is 0.625. The Labute approximate surface area is 141 Å². The minimum absolute atomic E-state index is 0.110. The van der Waals surface area contributed by atoms with Crippen LogP contribution in [0.3, 0.4) is 0 Å². The van der Waals surface area contributed by atoms with E-state index in [2.05, 4.69) is 14.9 Å². The molecule has 24 heavy (non-hydrogen) atoms. The van der Waals surface area contributed by atoms with Crippen LogP contribution in [0.2, 0.25) is 0 Å². The number of anilines is 1. The van der Waals surface area contributed by atoms with E-state index in [4.69, 9.17) is 4.74 Å². The van der Waals surface area contributed by atoms with E-state index in [1.54, 1.807) is 22.8 Å². The molecule has 2 aliphatic rings. The van der Waals surface area contributed by atoms with E-state index in [0.717, 1.165) is 31.7 Å². The number of piperazine rings is 1. The van der Waals surface area contributed by atoms with Crippen molar-refractivity contribution in [3.63, 3.8) is 0 Å². The van der Waals surface area contributed by atoms with Crippen molar-refractivity contribution in [1.29, 1.82) is 0 Å². The summed E-state index contributed by atoms with van der Waals surface area (Å²) in [5.41, 5.74) is 0.413. The zero-order chi connectivity index (χ0) is 16.9. The first kappa shape index (κ1) is 16.5. The van der Waals surface area contributed by atoms with Crippen LogP contribution < -0.4 is 4.90 Å². The maximum atomic E-state index is 12.7. The van der Waals surface area contributed by atoms with Gasteiger partial charge >= 0.3 is 6.09 Å². The monoisotopic (exact) mass is 333 g/mol. The number of carbonyl (C=O) groups is 2. The largest absolute Gasteiger partial charge is 0.450 e. The average molecular weight is 333 g/mol. The van der Waals surface area contributed by atoms with E-state index in [1.165, 1.54) is 6.33 Å². The second-order valence-corrected chi connectivity index (χ2v) is 5.93. The zero-order valence-electron chi connectivity index (χ0n) is 14.0. The molecule has 0 atom stereocenters. The van der Waals surface area contributed by atoms with Crippen molar-refractivity contribution >= 4 is 17.8 Å². The molecule has 0 saturated carbocycles. The molecule has 3 heterocycles. The highest BCUT2D eigenvalue weighted by molar-refractivity contribution is 5.93. The molecule has 2 aliphatic heterocycles. The Kier molecular flexibility index (Phi) is 5.12. The maximum Gasteiger partial charge on any atom is 0.409 e. The van der Waals surface area contributed by atoms with Crippen molar-refractivity contribution in [3.05, 3.63) is 18.1 Å². The summed E-state index contributed by atoms with van der Waals surface area (Å²) in [4.78, 5) is 38.3. The van der Waals surface area contributed by atoms with Gasteiger partial charge in [0.25, 0.3) is 5.91 Å². The summed E-state index contributed by atoms with van der Waals surface area (Å²) in [6.07, 6.45) is 3.45. The van der Waals surface area contributed by atoms with Gasteiger partial charge in [-0.25, -0.2) is 14.8 Å². The first-order chi connectivity index (χ1) is 11.7. The third-order valence-electron chi connectivity index (χ3n) is 4.39. The summed E-state index contributed by atoms with van der Waals surface area (Å²) in [7, 11) is 0. The molecule has 2 fully saturated rings. The minimum Gasteiger partial charge on any atom is -0.450 e. The lowest BCUT2D eigenvalue weighted by Gasteiger charge is -2.33. The SMILES string of the molecule is CCOC(=O)N1CCN(C(=O)c2cc(N3CCCC3)ncn2)CC1. The number of carbonyl (C=O) groups excluding carboxylic acids is 2. The molecule has 0 N–H and O–H groups in total. The minimum atomic E-state index is -0.317. The molecule has 0 radical (unpaired) electrons. The summed E-state index contributed by atoms with van der Waals surface area (Å²) in [5.74, 6) is 0.706. The van der Waals surface area contributed by atoms with Gasteiger partial charge in [0.2, 0.25) is 0 Å². The molecule has 0 bridgehead atoms. The predicted molar refractivity (Wildman–Crippen MR) is 88.0 cm³/mol. The van der Waals surface area contributed by atoms with Crippen LogP contribution in [0.25, 0.3) is 0 Å². The van der Waals surface area contributed by atoms with Crippen LogP contribution in [0.1, 0.15) is 30.3 Å². The lowest BCUT2D eigenvalue weighted by atomic mass is 10.2. The number of amides is 2. The summed E-state index contributed by atoms with van der Waals surface area (Å²) in [6, 6.07) is 1.77. The second-order valence-electron chi connectivity index (χ2n) is 5.93. The molecular weight excluding hydrogens is 310 g/mol. The Hall–Kier alpha value is -2.38. The summed E-state index contributed by atoms with van der Waals surface area (Å²) < 4.78 is 4.99. The second kappa shape index (κ2) is 7.46. The van der Waals surface area contributed by atoms with Gasteiger partial charge in [0.05, 0.1) is 6.61 Å². The van der Waals surface area contributed by atoms with Crippen LogP contribution >= 0.6 is 0 Å². The van der Waals surface area contributed by atoms with Crippen LogP contribution in [0.15, 0.2) is 12.4 Å². The van der Waals surface area contributed by atoms with E-state index in [0.29, 0.717) is 38.5 Å². The van der Waals surface area contributed by atoms with Crippen molar-refractivity contribution in [1.82, 2.24) is 19.8 Å². The lowest BCUT2D eigenvalue weighted by Crippen LogP contribution is -2.50. The Morgan fingerprint density at radius 2 is 1.71 bits per heavy atom. The molecule has 0 aliphatic carbocycles. The van der Waals surface area contributed by atoms with E-state index in [-0.39, 0.29) is 12.0 Å². The van der Waals surface area contributed by atoms with Crippen LogP contribution in [0.5, 0.6) is 0 Å². The van der Waals surface area contributed by atoms with Crippen LogP contribution in [0, 0.1) is 0 Å². The highest BCUT2D eigenvalue weighted by Crippen LogP contribution is 2.18. The van der Waals surface area contributed by atoms with Gasteiger partial charge in [0.15, 0.2) is 0 Å². The van der Waals surface area contributed by atoms with Crippen LogP contribution in [-0.4, -0.2) is 77.6 Å². The van der Waals surface area contributed by atoms with Crippen molar-refractivity contribution in [2.45, 2.75) is 19.8 Å². The van der Waals surface area contributed by atoms with Crippen molar-refractivity contribution in [3.8, 4) is 0 Å². The fourth-order valence-electron chi connectivity index (χ4n) is 3.05. The first-order valence-electron chi connectivity index (χ1n) is 8.47. The van der Waals surface area contributed by atoms with Gasteiger partial charge < -0.3 is 19.4 Å². The normalized spacial score (nSPS) is 18.0. The van der Waals surface area contributed by atoms with Crippen LogP contribution in [-0.2, 0) is 4.74 Å². The quantitative estimate of drug-likeness (QED) is 0.821. The Balaban J connectivity index is 1.61. The Morgan fingerprint density at radius 3 is 2.38 bits per heavy atom. The molecule has 1 aromatic heterocycles. The standard InChI is InChI=1S/C16H23N5O3/c1-2-24-16(23)21-9-7-20(8-10-21)15(22)13-11-14(18-12-17-13)19-5-3-4-6-19/h11-12H,2-10H2,1H3. The first-order valence-corrected chi connectivity index (χ1v) is 8.47. The van der Waals surface area contributed by atoms with Gasteiger partial charge in [-0.2, -0.15) is 0 Å². The fourth-order valence-corrected chi connectivity index (χ4v) is 3.05. The number of ether oxygens (including phenoxy) is 1. The molecule has 3 rings (SSSR count). The number of hydrogen-bond donors (Lipinski definition) is 0. The molecule has 2 saturated heterocycles. The van der Waals surface area contributed by atoms with Gasteiger partial charge in [-0.15, -0.1) is 0 Å². The maximum absolute atomic E-state index is 12.7. The third kappa shape index (κ3) is 3.58. The molecule has 2 amide bonds. The zero-order valence-corrected chi connectivity index (χ0v) is 14.0. The molecule has 1 aromatic rings. The van der Waals surface area contributed by atoms with Gasteiger partial charge in [-0.1, -0.05) is 0 Å². The van der Waals surface area contributed by atoms with Gasteiger partial charge in [-0.05, 0) is 19.8 Å². The highest BCUT2D eigenvalue weighted by Gasteiger charge is 2.26. The predicted octanol–water partition coefficient (Wildman–Crippen LogP) is 0.991. The number of nitrogens with zero attached hydrogens (tertiary/aromatic N) is 5.